The molecule has 0 amide bonds. The van der Waals surface area contributed by atoms with Crippen LogP contribution in [0.3, 0.4) is 0 Å². The van der Waals surface area contributed by atoms with Gasteiger partial charge in [-0.2, -0.15) is 0 Å². The highest BCUT2D eigenvalue weighted by molar-refractivity contribution is 8.03. The summed E-state index contributed by atoms with van der Waals surface area (Å²) in [6, 6.07) is 21.6. The number of thioether (sulfide) groups is 2. The van der Waals surface area contributed by atoms with Gasteiger partial charge in [0.1, 0.15) is 0 Å². The average Bonchev–Trinajstić information content (AvgIpc) is 2.61. The van der Waals surface area contributed by atoms with Gasteiger partial charge in [0.25, 0.3) is 0 Å². The fourth-order valence-corrected chi connectivity index (χ4v) is 5.56. The zero-order chi connectivity index (χ0) is 15.5. The van der Waals surface area contributed by atoms with Crippen LogP contribution >= 0.6 is 23.5 Å². The molecule has 0 nitrogen and oxygen atoms in total. The Morgan fingerprint density at radius 1 is 0.609 bits per heavy atom. The molecule has 0 saturated heterocycles. The van der Waals surface area contributed by atoms with Gasteiger partial charge in [0.05, 0.1) is 0 Å². The van der Waals surface area contributed by atoms with Gasteiger partial charge in [0, 0.05) is 9.79 Å². The van der Waals surface area contributed by atoms with Crippen molar-refractivity contribution in [1.29, 1.82) is 0 Å². The zero-order valence-corrected chi connectivity index (χ0v) is 14.7. The fourth-order valence-electron chi connectivity index (χ4n) is 3.35. The van der Waals surface area contributed by atoms with Crippen molar-refractivity contribution < 1.29 is 0 Å². The molecule has 2 aromatic carbocycles. The van der Waals surface area contributed by atoms with E-state index in [1.54, 1.807) is 9.81 Å². The number of benzene rings is 2. The first-order valence-electron chi connectivity index (χ1n) is 8.24. The molecule has 0 radical (unpaired) electrons. The summed E-state index contributed by atoms with van der Waals surface area (Å²) in [6.45, 7) is 0. The third-order valence-electron chi connectivity index (χ3n) is 4.54. The summed E-state index contributed by atoms with van der Waals surface area (Å²) in [5.41, 5.74) is 0. The lowest BCUT2D eigenvalue weighted by Gasteiger charge is -2.34. The molecule has 0 aliphatic heterocycles. The summed E-state index contributed by atoms with van der Waals surface area (Å²) in [5, 5.41) is 0. The summed E-state index contributed by atoms with van der Waals surface area (Å²) < 4.78 is 0. The second kappa shape index (κ2) is 7.02. The van der Waals surface area contributed by atoms with Crippen molar-refractivity contribution in [3.05, 3.63) is 82.6 Å². The highest BCUT2D eigenvalue weighted by Crippen LogP contribution is 2.49. The molecule has 2 aromatic rings. The monoisotopic (exact) mass is 336 g/mol. The van der Waals surface area contributed by atoms with Gasteiger partial charge in [-0.15, -0.1) is 0 Å². The molecule has 2 atom stereocenters. The molecule has 2 bridgehead atoms. The van der Waals surface area contributed by atoms with Gasteiger partial charge in [-0.05, 0) is 65.2 Å². The van der Waals surface area contributed by atoms with Crippen molar-refractivity contribution in [2.45, 2.75) is 29.1 Å². The highest BCUT2D eigenvalue weighted by Gasteiger charge is 2.30. The quantitative estimate of drug-likeness (QED) is 0.604. The Bertz CT molecular complexity index is 653. The van der Waals surface area contributed by atoms with Crippen LogP contribution in [0.4, 0.5) is 0 Å². The average molecular weight is 337 g/mol. The predicted molar refractivity (Wildman–Crippen MR) is 102 cm³/mol. The van der Waals surface area contributed by atoms with E-state index in [0.717, 1.165) is 11.8 Å². The van der Waals surface area contributed by atoms with Crippen LogP contribution in [0, 0.1) is 11.8 Å². The summed E-state index contributed by atoms with van der Waals surface area (Å²) in [6.07, 6.45) is 8.69. The number of hydrogen-bond acceptors (Lipinski definition) is 2. The Labute approximate surface area is 147 Å². The predicted octanol–water partition coefficient (Wildman–Crippen LogP) is 6.77. The Morgan fingerprint density at radius 3 is 1.48 bits per heavy atom. The first kappa shape index (κ1) is 15.2. The van der Waals surface area contributed by atoms with Gasteiger partial charge < -0.3 is 0 Å². The highest BCUT2D eigenvalue weighted by atomic mass is 32.2. The molecular formula is C21H20S2. The van der Waals surface area contributed by atoms with E-state index in [1.165, 1.54) is 29.1 Å². The molecule has 0 heterocycles. The second-order valence-corrected chi connectivity index (χ2v) is 8.44. The SMILES string of the molecule is C1=C(Sc2ccccc2)C2CC=C(Sc3ccccc3)C(C1)C2. The molecule has 23 heavy (non-hydrogen) atoms. The molecule has 2 aliphatic rings. The van der Waals surface area contributed by atoms with Crippen LogP contribution in [-0.4, -0.2) is 0 Å². The lowest BCUT2D eigenvalue weighted by molar-refractivity contribution is 0.431. The van der Waals surface area contributed by atoms with Crippen LogP contribution in [0.2, 0.25) is 0 Å². The Hall–Kier alpha value is -1.38. The first-order valence-corrected chi connectivity index (χ1v) is 9.88. The summed E-state index contributed by atoms with van der Waals surface area (Å²) in [7, 11) is 0. The second-order valence-electron chi connectivity index (χ2n) is 6.14. The molecular weight excluding hydrogens is 316 g/mol. The maximum atomic E-state index is 2.50. The summed E-state index contributed by atoms with van der Waals surface area (Å²) >= 11 is 3.93. The Kier molecular flexibility index (Phi) is 4.63. The third-order valence-corrected chi connectivity index (χ3v) is 7.03. The minimum absolute atomic E-state index is 0.721. The number of hydrogen-bond donors (Lipinski definition) is 0. The summed E-state index contributed by atoms with van der Waals surface area (Å²) in [4.78, 5) is 5.89. The molecule has 0 saturated carbocycles. The summed E-state index contributed by atoms with van der Waals surface area (Å²) in [5.74, 6) is 1.44. The van der Waals surface area contributed by atoms with E-state index in [2.05, 4.69) is 72.8 Å². The van der Waals surface area contributed by atoms with Crippen molar-refractivity contribution >= 4 is 23.5 Å². The first-order chi connectivity index (χ1) is 11.4. The molecule has 0 aromatic heterocycles. The lowest BCUT2D eigenvalue weighted by Crippen LogP contribution is -2.19. The van der Waals surface area contributed by atoms with E-state index in [-0.39, 0.29) is 0 Å². The Morgan fingerprint density at radius 2 is 1.04 bits per heavy atom. The standard InChI is InChI=1S/C21H20S2/c1-3-7-18(8-4-1)22-20-13-11-17-15-16(20)12-14-21(17)23-19-9-5-2-6-10-19/h1-10,13-14,16-17H,11-12,15H2. The fraction of sp³-hybridized carbons (Fsp3) is 0.238. The van der Waals surface area contributed by atoms with Gasteiger partial charge in [-0.1, -0.05) is 72.1 Å². The molecule has 2 heteroatoms. The van der Waals surface area contributed by atoms with Gasteiger partial charge in [-0.25, -0.2) is 0 Å². The molecule has 0 spiro atoms. The van der Waals surface area contributed by atoms with Gasteiger partial charge >= 0.3 is 0 Å². The topological polar surface area (TPSA) is 0 Å². The minimum atomic E-state index is 0.721. The van der Waals surface area contributed by atoms with Crippen LogP contribution in [0.15, 0.2) is 92.4 Å². The van der Waals surface area contributed by atoms with E-state index in [1.807, 2.05) is 23.5 Å². The van der Waals surface area contributed by atoms with E-state index < -0.39 is 0 Å². The van der Waals surface area contributed by atoms with E-state index in [0.29, 0.717) is 0 Å². The van der Waals surface area contributed by atoms with Crippen molar-refractivity contribution in [2.75, 3.05) is 0 Å². The van der Waals surface area contributed by atoms with Gasteiger partial charge in [-0.3, -0.25) is 0 Å². The van der Waals surface area contributed by atoms with Crippen molar-refractivity contribution in [3.8, 4) is 0 Å². The van der Waals surface area contributed by atoms with Crippen LogP contribution in [0.25, 0.3) is 0 Å². The van der Waals surface area contributed by atoms with Gasteiger partial charge in [0.15, 0.2) is 0 Å². The number of fused-ring (bicyclic) bond motifs is 2. The van der Waals surface area contributed by atoms with Crippen LogP contribution in [-0.2, 0) is 0 Å². The maximum absolute atomic E-state index is 2.50. The molecule has 2 aliphatic carbocycles. The number of allylic oxidation sites excluding steroid dienone is 4. The van der Waals surface area contributed by atoms with Crippen molar-refractivity contribution in [3.63, 3.8) is 0 Å². The largest absolute Gasteiger partial charge is 0.0946 e. The molecule has 4 rings (SSSR count). The molecule has 2 unspecified atom stereocenters. The maximum Gasteiger partial charge on any atom is 0.0119 e. The third kappa shape index (κ3) is 3.59. The van der Waals surface area contributed by atoms with Crippen LogP contribution in [0.5, 0.6) is 0 Å². The van der Waals surface area contributed by atoms with Crippen LogP contribution < -0.4 is 0 Å². The van der Waals surface area contributed by atoms with E-state index >= 15 is 0 Å². The lowest BCUT2D eigenvalue weighted by atomic mass is 9.80. The van der Waals surface area contributed by atoms with E-state index in [4.69, 9.17) is 0 Å². The number of rotatable bonds is 4. The zero-order valence-electron chi connectivity index (χ0n) is 13.0. The molecule has 116 valence electrons. The van der Waals surface area contributed by atoms with Gasteiger partial charge in [0.2, 0.25) is 0 Å². The normalized spacial score (nSPS) is 23.1. The van der Waals surface area contributed by atoms with Crippen molar-refractivity contribution in [1.82, 2.24) is 0 Å². The van der Waals surface area contributed by atoms with Crippen molar-refractivity contribution in [2.24, 2.45) is 11.8 Å². The molecule has 0 N–H and O–H groups in total. The van der Waals surface area contributed by atoms with E-state index in [9.17, 15) is 0 Å². The smallest absolute Gasteiger partial charge is 0.0119 e. The minimum Gasteiger partial charge on any atom is -0.0946 e. The van der Waals surface area contributed by atoms with Crippen LogP contribution in [0.1, 0.15) is 19.3 Å². The Balaban J connectivity index is 1.45. The molecule has 0 fully saturated rings.